The lowest BCUT2D eigenvalue weighted by atomic mass is 10.1. The Morgan fingerprint density at radius 1 is 0.886 bits per heavy atom. The Balaban J connectivity index is 1.72. The molecule has 35 heavy (non-hydrogen) atoms. The van der Waals surface area contributed by atoms with Gasteiger partial charge in [0.1, 0.15) is 4.29 Å². The van der Waals surface area contributed by atoms with Gasteiger partial charge in [0.15, 0.2) is 0 Å². The monoisotopic (exact) mass is 525 g/mol. The van der Waals surface area contributed by atoms with Crippen molar-refractivity contribution in [2.75, 3.05) is 19.0 Å². The molecule has 0 aromatic heterocycles. The number of allylic oxidation sites excluding steroid dienone is 2. The Morgan fingerprint density at radius 2 is 1.51 bits per heavy atom. The number of nitrogens with zero attached hydrogens (tertiary/aromatic N) is 1. The number of thioether (sulfide) groups is 2. The minimum absolute atomic E-state index is 0.559. The van der Waals surface area contributed by atoms with Gasteiger partial charge in [-0.3, -0.25) is 0 Å². The van der Waals surface area contributed by atoms with Crippen molar-refractivity contribution in [3.8, 4) is 0 Å². The van der Waals surface area contributed by atoms with Crippen molar-refractivity contribution in [2.24, 2.45) is 0 Å². The van der Waals surface area contributed by atoms with Crippen LogP contribution in [0, 0.1) is 10.2 Å². The van der Waals surface area contributed by atoms with Crippen molar-refractivity contribution in [3.63, 3.8) is 0 Å². The lowest BCUT2D eigenvalue weighted by molar-refractivity contribution is -1.92. The third-order valence-corrected chi connectivity index (χ3v) is 8.60. The molecule has 0 aliphatic carbocycles. The zero-order chi connectivity index (χ0) is 24.9. The number of anilines is 1. The van der Waals surface area contributed by atoms with E-state index < -0.39 is 14.5 Å². The molecule has 3 aromatic rings. The minimum Gasteiger partial charge on any atom is -0.378 e. The minimum atomic E-state index is -4.70. The average Bonchev–Trinajstić information content (AvgIpc) is 3.26. The maximum Gasteiger partial charge on any atom is 0.349 e. The molecule has 1 unspecified atom stereocenters. The van der Waals surface area contributed by atoms with E-state index in [4.69, 9.17) is 4.29 Å². The van der Waals surface area contributed by atoms with Crippen LogP contribution in [0.5, 0.6) is 0 Å². The molecule has 4 rings (SSSR count). The lowest BCUT2D eigenvalue weighted by Gasteiger charge is -2.27. The van der Waals surface area contributed by atoms with Crippen LogP contribution >= 0.6 is 23.5 Å². The molecule has 5 nitrogen and oxygen atoms in total. The van der Waals surface area contributed by atoms with Gasteiger partial charge in [-0.2, -0.15) is 14.0 Å². The van der Waals surface area contributed by atoms with E-state index in [2.05, 4.69) is 0 Å². The predicted octanol–water partition coefficient (Wildman–Crippen LogP) is 3.90. The van der Waals surface area contributed by atoms with Gasteiger partial charge in [0.25, 0.3) is 0 Å². The molecule has 0 fully saturated rings. The summed E-state index contributed by atoms with van der Waals surface area (Å²) in [5, 5.41) is 1.83. The number of halogens is 1. The summed E-state index contributed by atoms with van der Waals surface area (Å²) < 4.78 is 39.3. The molecular formula is C27H24ClNO4S2. The third kappa shape index (κ3) is 6.59. The molecule has 1 aliphatic heterocycles. The Hall–Kier alpha value is -2.49. The van der Waals surface area contributed by atoms with Crippen molar-refractivity contribution >= 4 is 45.8 Å². The summed E-state index contributed by atoms with van der Waals surface area (Å²) in [6.07, 6.45) is 5.57. The van der Waals surface area contributed by atoms with Gasteiger partial charge in [0.05, 0.1) is 10.2 Å². The highest BCUT2D eigenvalue weighted by Gasteiger charge is 2.54. The first kappa shape index (κ1) is 25.6. The van der Waals surface area contributed by atoms with Crippen LogP contribution in [-0.4, -0.2) is 18.4 Å². The van der Waals surface area contributed by atoms with E-state index in [1.807, 2.05) is 121 Å². The molecule has 0 radical (unpaired) electrons. The summed E-state index contributed by atoms with van der Waals surface area (Å²) in [6.45, 7) is 0. The molecule has 0 bridgehead atoms. The van der Waals surface area contributed by atoms with E-state index in [1.165, 1.54) is 11.8 Å². The van der Waals surface area contributed by atoms with Gasteiger partial charge in [-0.05, 0) is 34.2 Å². The molecule has 0 amide bonds. The molecule has 1 heterocycles. The summed E-state index contributed by atoms with van der Waals surface area (Å²) in [6, 6.07) is 27.0. The molecular weight excluding hydrogens is 502 g/mol. The van der Waals surface area contributed by atoms with E-state index in [9.17, 15) is 14.0 Å². The summed E-state index contributed by atoms with van der Waals surface area (Å²) >= 11 is 2.36. The molecule has 180 valence electrons. The smallest absolute Gasteiger partial charge is 0.349 e. The van der Waals surface area contributed by atoms with Gasteiger partial charge in [0, 0.05) is 30.3 Å². The van der Waals surface area contributed by atoms with Crippen LogP contribution < -0.4 is 18.9 Å². The number of benzene rings is 3. The zero-order valence-corrected chi connectivity index (χ0v) is 21.6. The topological polar surface area (TPSA) is 81.7 Å². The van der Waals surface area contributed by atoms with Crippen LogP contribution in [0.1, 0.15) is 16.7 Å². The van der Waals surface area contributed by atoms with Gasteiger partial charge in [0.2, 0.25) is 0 Å². The fraction of sp³-hybridized carbons (Fsp3) is 0.111. The summed E-state index contributed by atoms with van der Waals surface area (Å²) in [7, 11) is -0.729. The highest BCUT2D eigenvalue weighted by atomic mass is 35.7. The van der Waals surface area contributed by atoms with E-state index in [-0.39, 0.29) is 0 Å². The molecule has 0 saturated carbocycles. The second kappa shape index (κ2) is 11.1. The molecule has 0 N–H and O–H groups in total. The highest BCUT2D eigenvalue weighted by molar-refractivity contribution is 8.27. The number of rotatable bonds is 8. The standard InChI is InChI=1S/C27H24ClNO4S2/c1-29(2)24-18-16-21(17-19-24)10-9-15-25(22-11-5-3-6-12-22)27(33-28(30,31)32)34-20-26(35-27)23-13-7-4-8-14-23/h3-20H,1-2H3/b10-9+,25-15+. The van der Waals surface area contributed by atoms with Crippen molar-refractivity contribution in [3.05, 3.63) is 119 Å². The lowest BCUT2D eigenvalue weighted by Crippen LogP contribution is -2.63. The normalized spacial score (nSPS) is 18.7. The second-order valence-corrected chi connectivity index (χ2v) is 11.3. The van der Waals surface area contributed by atoms with Gasteiger partial charge < -0.3 is 4.90 Å². The first-order valence-electron chi connectivity index (χ1n) is 10.7. The summed E-state index contributed by atoms with van der Waals surface area (Å²) in [4.78, 5) is 2.84. The van der Waals surface area contributed by atoms with Crippen LogP contribution in [0.25, 0.3) is 16.6 Å². The number of hydrogen-bond donors (Lipinski definition) is 0. The second-order valence-electron chi connectivity index (χ2n) is 7.87. The van der Waals surface area contributed by atoms with Gasteiger partial charge >= 0.3 is 4.27 Å². The highest BCUT2D eigenvalue weighted by Crippen LogP contribution is 2.60. The van der Waals surface area contributed by atoms with Crippen LogP contribution in [-0.2, 0) is 4.29 Å². The Morgan fingerprint density at radius 3 is 2.11 bits per heavy atom. The van der Waals surface area contributed by atoms with Crippen LogP contribution in [0.15, 0.2) is 102 Å². The summed E-state index contributed by atoms with van der Waals surface area (Å²) in [5.74, 6) is 0. The molecule has 0 saturated heterocycles. The first-order valence-corrected chi connectivity index (χ1v) is 13.6. The van der Waals surface area contributed by atoms with Crippen molar-refractivity contribution < 1.29 is 28.5 Å². The Bertz CT molecular complexity index is 1220. The van der Waals surface area contributed by atoms with E-state index in [0.717, 1.165) is 39.0 Å². The average molecular weight is 526 g/mol. The SMILES string of the molecule is CN(C)c1ccc(/C=C/C=C(\c2ccccc2)C2(O[Cl+3]([O-])([O-])[O-])SC=C(c3ccccc3)S2)cc1. The van der Waals surface area contributed by atoms with Crippen LogP contribution in [0.2, 0.25) is 0 Å². The zero-order valence-electron chi connectivity index (χ0n) is 19.2. The Labute approximate surface area is 216 Å². The molecule has 8 heteroatoms. The predicted molar refractivity (Wildman–Crippen MR) is 138 cm³/mol. The fourth-order valence-corrected chi connectivity index (χ4v) is 7.06. The number of hydrogen-bond acceptors (Lipinski definition) is 7. The van der Waals surface area contributed by atoms with Crippen molar-refractivity contribution in [2.45, 2.75) is 4.27 Å². The van der Waals surface area contributed by atoms with Crippen molar-refractivity contribution in [1.29, 1.82) is 0 Å². The summed E-state index contributed by atoms with van der Waals surface area (Å²) in [5.41, 5.74) is 4.30. The third-order valence-electron chi connectivity index (χ3n) is 5.20. The van der Waals surface area contributed by atoms with Crippen LogP contribution in [0.4, 0.5) is 5.69 Å². The fourth-order valence-electron chi connectivity index (χ4n) is 3.50. The van der Waals surface area contributed by atoms with E-state index in [1.54, 1.807) is 6.08 Å². The maximum absolute atomic E-state index is 11.8. The molecule has 1 atom stereocenters. The maximum atomic E-state index is 11.8. The largest absolute Gasteiger partial charge is 0.378 e. The quantitative estimate of drug-likeness (QED) is 0.412. The van der Waals surface area contributed by atoms with E-state index in [0.29, 0.717) is 5.57 Å². The van der Waals surface area contributed by atoms with E-state index >= 15 is 0 Å². The molecule has 0 spiro atoms. The Kier molecular flexibility index (Phi) is 8.09. The van der Waals surface area contributed by atoms with Crippen molar-refractivity contribution in [1.82, 2.24) is 0 Å². The first-order chi connectivity index (χ1) is 16.8. The van der Waals surface area contributed by atoms with Gasteiger partial charge in [-0.25, -0.2) is 0 Å². The van der Waals surface area contributed by atoms with Gasteiger partial charge in [-0.1, -0.05) is 115 Å². The van der Waals surface area contributed by atoms with Crippen LogP contribution in [0.3, 0.4) is 0 Å². The molecule has 1 aliphatic rings. The molecule has 3 aromatic carbocycles. The van der Waals surface area contributed by atoms with Gasteiger partial charge in [-0.15, -0.1) is 0 Å².